The molecule has 2 heterocycles. The predicted molar refractivity (Wildman–Crippen MR) is 144 cm³/mol. The first kappa shape index (κ1) is 24.6. The van der Waals surface area contributed by atoms with Gasteiger partial charge in [-0.25, -0.2) is 14.2 Å². The molecule has 1 atom stereocenters. The number of hydrogen-bond acceptors (Lipinski definition) is 5. The topological polar surface area (TPSA) is 77.6 Å². The van der Waals surface area contributed by atoms with E-state index in [2.05, 4.69) is 84.5 Å². The molecule has 0 aromatic heterocycles. The van der Waals surface area contributed by atoms with Crippen molar-refractivity contribution in [3.63, 3.8) is 0 Å². The normalized spacial score (nSPS) is 23.1. The zero-order valence-corrected chi connectivity index (χ0v) is 22.8. The Morgan fingerprint density at radius 3 is 2.44 bits per heavy atom. The molecule has 1 unspecified atom stereocenters. The number of fused-ring (bicyclic) bond motifs is 1. The Labute approximate surface area is 209 Å². The van der Waals surface area contributed by atoms with Crippen molar-refractivity contribution in [3.8, 4) is 0 Å². The Morgan fingerprint density at radius 2 is 1.85 bits per heavy atom. The Kier molecular flexibility index (Phi) is 6.48. The van der Waals surface area contributed by atoms with Crippen molar-refractivity contribution in [2.75, 3.05) is 32.1 Å². The van der Waals surface area contributed by atoms with Crippen molar-refractivity contribution in [1.82, 2.24) is 9.45 Å². The molecule has 2 aliphatic rings. The van der Waals surface area contributed by atoms with Gasteiger partial charge >= 0.3 is 0 Å². The summed E-state index contributed by atoms with van der Waals surface area (Å²) in [5.41, 5.74) is 4.12. The van der Waals surface area contributed by atoms with Crippen LogP contribution in [0.15, 0.2) is 67.8 Å². The van der Waals surface area contributed by atoms with Gasteiger partial charge in [0.15, 0.2) is 7.36 Å². The second kappa shape index (κ2) is 8.95. The van der Waals surface area contributed by atoms with Gasteiger partial charge in [0, 0.05) is 56.1 Å². The number of benzene rings is 2. The molecule has 8 nitrogen and oxygen atoms in total. The number of non-ortho nitro benzene ring substituents is 1. The number of nitro benzene ring substituents is 1. The lowest BCUT2D eigenvalue weighted by Crippen LogP contribution is -2.30. The van der Waals surface area contributed by atoms with Crippen molar-refractivity contribution in [2.24, 2.45) is 9.85 Å². The molecule has 2 aromatic carbocycles. The number of hydrazone groups is 1. The molecular weight excluding hydrogens is 515 g/mol. The van der Waals surface area contributed by atoms with Crippen LogP contribution >= 0.6 is 23.3 Å². The first-order valence-electron chi connectivity index (χ1n) is 11.3. The van der Waals surface area contributed by atoms with Crippen molar-refractivity contribution in [3.05, 3.63) is 73.6 Å². The smallest absolute Gasteiger partial charge is 0.270 e. The summed E-state index contributed by atoms with van der Waals surface area (Å²) in [5, 5.41) is 17.2. The van der Waals surface area contributed by atoms with E-state index in [1.165, 1.54) is 29.1 Å². The molecule has 10 heteroatoms. The number of para-hydroxylation sites is 1. The molecule has 2 aromatic rings. The molecule has 0 saturated heterocycles. The van der Waals surface area contributed by atoms with Gasteiger partial charge in [0.05, 0.1) is 26.6 Å². The van der Waals surface area contributed by atoms with E-state index >= 15 is 0 Å². The summed E-state index contributed by atoms with van der Waals surface area (Å²) in [6.45, 7) is 10.4. The molecule has 2 aliphatic heterocycles. The maximum atomic E-state index is 11.3. The summed E-state index contributed by atoms with van der Waals surface area (Å²) < 4.78 is 10.4. The van der Waals surface area contributed by atoms with Gasteiger partial charge in [-0.2, -0.15) is 5.10 Å². The summed E-state index contributed by atoms with van der Waals surface area (Å²) >= 11 is 3.54. The van der Waals surface area contributed by atoms with E-state index in [1.54, 1.807) is 6.07 Å². The van der Waals surface area contributed by atoms with Crippen LogP contribution < -0.4 is 4.90 Å². The highest BCUT2D eigenvalue weighted by atomic mass is 79.9. The van der Waals surface area contributed by atoms with E-state index in [9.17, 15) is 10.1 Å². The molecule has 0 radical (unpaired) electrons. The van der Waals surface area contributed by atoms with Crippen molar-refractivity contribution < 1.29 is 4.92 Å². The fourth-order valence-corrected chi connectivity index (χ4v) is 9.40. The molecule has 34 heavy (non-hydrogen) atoms. The summed E-state index contributed by atoms with van der Waals surface area (Å²) in [4.78, 5) is 13.2. The van der Waals surface area contributed by atoms with E-state index < -0.39 is 12.3 Å². The van der Waals surface area contributed by atoms with Crippen LogP contribution in [0.4, 0.5) is 17.1 Å². The van der Waals surface area contributed by atoms with Crippen molar-refractivity contribution >= 4 is 46.6 Å². The minimum atomic E-state index is -2.53. The summed E-state index contributed by atoms with van der Waals surface area (Å²) in [7, 11) is 1.56. The molecule has 0 saturated carbocycles. The van der Waals surface area contributed by atoms with Crippen LogP contribution in [-0.4, -0.2) is 47.8 Å². The van der Waals surface area contributed by atoms with Crippen LogP contribution in [0.5, 0.6) is 0 Å². The van der Waals surface area contributed by atoms with Crippen LogP contribution in [0.2, 0.25) is 0 Å². The van der Waals surface area contributed by atoms with Crippen LogP contribution in [0.1, 0.15) is 33.3 Å². The van der Waals surface area contributed by atoms with Crippen LogP contribution in [0, 0.1) is 10.1 Å². The maximum absolute atomic E-state index is 11.3. The lowest BCUT2D eigenvalue weighted by Gasteiger charge is -2.39. The molecule has 180 valence electrons. The van der Waals surface area contributed by atoms with Gasteiger partial charge in [-0.3, -0.25) is 10.1 Å². The maximum Gasteiger partial charge on any atom is 0.270 e. The highest BCUT2D eigenvalue weighted by molar-refractivity contribution is 9.10. The van der Waals surface area contributed by atoms with Crippen molar-refractivity contribution in [1.29, 1.82) is 0 Å². The zero-order chi connectivity index (χ0) is 24.8. The summed E-state index contributed by atoms with van der Waals surface area (Å²) in [6.07, 6.45) is 1.97. The minimum absolute atomic E-state index is 0.0303. The molecule has 0 fully saturated rings. The van der Waals surface area contributed by atoms with Gasteiger partial charge in [-0.15, -0.1) is 0 Å². The highest BCUT2D eigenvalue weighted by Crippen LogP contribution is 2.69. The van der Waals surface area contributed by atoms with E-state index in [4.69, 9.17) is 9.85 Å². The van der Waals surface area contributed by atoms with Gasteiger partial charge < -0.3 is 4.90 Å². The van der Waals surface area contributed by atoms with Crippen LogP contribution in [0.25, 0.3) is 0 Å². The van der Waals surface area contributed by atoms with Crippen LogP contribution in [0.3, 0.4) is 0 Å². The number of halogens is 1. The third-order valence-electron chi connectivity index (χ3n) is 6.70. The SMILES string of the molecule is CCN(CC)P1(=Nc2ccc([N+](=O)[O-])cc2Br)/C(=C2\N(C)c3ccccc3C2(C)C)C=NN1C. The fraction of sp³-hybridized carbons (Fsp3) is 0.375. The Hall–Kier alpha value is -2.48. The molecular formula is C24H30BrN6O2P. The number of anilines is 1. The number of nitro groups is 1. The molecule has 0 spiro atoms. The Bertz CT molecular complexity index is 1270. The van der Waals surface area contributed by atoms with Gasteiger partial charge in [0.2, 0.25) is 0 Å². The van der Waals surface area contributed by atoms with Gasteiger partial charge in [0.25, 0.3) is 5.69 Å². The molecule has 4 rings (SSSR count). The van der Waals surface area contributed by atoms with E-state index in [-0.39, 0.29) is 11.1 Å². The summed E-state index contributed by atoms with van der Waals surface area (Å²) in [6, 6.07) is 13.2. The number of likely N-dealkylation sites (N-methyl/N-ethyl adjacent to an activating group) is 1. The average molecular weight is 545 g/mol. The lowest BCUT2D eigenvalue weighted by atomic mass is 9.84. The number of allylic oxidation sites excluding steroid dienone is 2. The van der Waals surface area contributed by atoms with Gasteiger partial charge in [-0.05, 0) is 33.6 Å². The number of rotatable bonds is 5. The molecule has 0 N–H and O–H groups in total. The molecule has 0 bridgehead atoms. The first-order valence-corrected chi connectivity index (χ1v) is 13.7. The van der Waals surface area contributed by atoms with Gasteiger partial charge in [0.1, 0.15) is 0 Å². The third-order valence-corrected chi connectivity index (χ3v) is 11.1. The van der Waals surface area contributed by atoms with Crippen molar-refractivity contribution in [2.45, 2.75) is 33.1 Å². The second-order valence-electron chi connectivity index (χ2n) is 8.87. The van der Waals surface area contributed by atoms with E-state index in [1.807, 2.05) is 18.0 Å². The average Bonchev–Trinajstić information content (AvgIpc) is 3.21. The fourth-order valence-electron chi connectivity index (χ4n) is 5.08. The zero-order valence-electron chi connectivity index (χ0n) is 20.4. The third kappa shape index (κ3) is 3.61. The highest BCUT2D eigenvalue weighted by Gasteiger charge is 2.47. The Balaban J connectivity index is 2.05. The minimum Gasteiger partial charge on any atom is -0.346 e. The van der Waals surface area contributed by atoms with E-state index in [0.29, 0.717) is 10.2 Å². The number of nitrogens with zero attached hydrogens (tertiary/aromatic N) is 6. The molecule has 0 amide bonds. The Morgan fingerprint density at radius 1 is 1.18 bits per heavy atom. The predicted octanol–water partition coefficient (Wildman–Crippen LogP) is 6.93. The quantitative estimate of drug-likeness (QED) is 0.231. The number of hydrogen-bond donors (Lipinski definition) is 0. The lowest BCUT2D eigenvalue weighted by molar-refractivity contribution is -0.384. The first-order chi connectivity index (χ1) is 16.1. The monoisotopic (exact) mass is 544 g/mol. The van der Waals surface area contributed by atoms with Gasteiger partial charge in [-0.1, -0.05) is 45.9 Å². The summed E-state index contributed by atoms with van der Waals surface area (Å²) in [5.74, 6) is 0. The van der Waals surface area contributed by atoms with E-state index in [0.717, 1.165) is 18.4 Å². The molecule has 0 aliphatic carbocycles. The second-order valence-corrected chi connectivity index (χ2v) is 12.7. The van der Waals surface area contributed by atoms with Crippen LogP contribution in [-0.2, 0) is 5.41 Å². The largest absolute Gasteiger partial charge is 0.346 e. The standard InChI is InChI=1S/C24H30BrN6O2P/c1-7-30(8-2)34(27-20-14-13-17(31(32)33)15-19(20)25)22(16-26-29(34)6)23-24(3,4)18-11-9-10-12-21(18)28(23)5/h9-16H,7-8H2,1-6H3/b23-22-.